The van der Waals surface area contributed by atoms with Crippen LogP contribution in [0.2, 0.25) is 0 Å². The van der Waals surface area contributed by atoms with Crippen molar-refractivity contribution in [3.05, 3.63) is 29.8 Å². The molecule has 0 aromatic heterocycles. The zero-order valence-corrected chi connectivity index (χ0v) is 15.6. The normalized spacial score (nSPS) is 18.1. The predicted octanol–water partition coefficient (Wildman–Crippen LogP) is 1.65. The van der Waals surface area contributed by atoms with Gasteiger partial charge in [-0.05, 0) is 44.5 Å². The molecule has 0 radical (unpaired) electrons. The van der Waals surface area contributed by atoms with Gasteiger partial charge < -0.3 is 20.3 Å². The molecule has 1 aliphatic heterocycles. The van der Waals surface area contributed by atoms with E-state index in [-0.39, 0.29) is 23.7 Å². The fraction of sp³-hybridized carbons (Fsp3) is 0.526. The lowest BCUT2D eigenvalue weighted by Gasteiger charge is -2.33. The molecule has 2 amide bonds. The molecule has 7 nitrogen and oxygen atoms in total. The molecule has 1 aromatic carbocycles. The minimum Gasteiger partial charge on any atom is -0.467 e. The number of rotatable bonds is 6. The average molecular weight is 361 g/mol. The first-order valence-electron chi connectivity index (χ1n) is 8.92. The maximum absolute atomic E-state index is 12.9. The van der Waals surface area contributed by atoms with Gasteiger partial charge in [-0.3, -0.25) is 9.59 Å². The van der Waals surface area contributed by atoms with Gasteiger partial charge in [-0.15, -0.1) is 0 Å². The zero-order valence-electron chi connectivity index (χ0n) is 15.6. The standard InChI is InChI=1S/C19H27N3O4/c1-13(12-20-2)17(23)21-15-8-6-7-14(11-15)18(24)22-10-5-4-9-16(22)19(25)26-3/h6-8,11,13,16,20H,4-5,9-10,12H2,1-3H3,(H,21,23). The van der Waals surface area contributed by atoms with Crippen LogP contribution >= 0.6 is 0 Å². The molecule has 2 unspecified atom stereocenters. The van der Waals surface area contributed by atoms with E-state index >= 15 is 0 Å². The molecule has 142 valence electrons. The van der Waals surface area contributed by atoms with Gasteiger partial charge in [-0.1, -0.05) is 13.0 Å². The molecule has 0 bridgehead atoms. The van der Waals surface area contributed by atoms with Crippen LogP contribution in [-0.2, 0) is 14.3 Å². The highest BCUT2D eigenvalue weighted by Crippen LogP contribution is 2.22. The summed E-state index contributed by atoms with van der Waals surface area (Å²) in [5.74, 6) is -0.914. The second-order valence-electron chi connectivity index (χ2n) is 6.56. The van der Waals surface area contributed by atoms with Crippen LogP contribution in [0.4, 0.5) is 5.69 Å². The lowest BCUT2D eigenvalue weighted by molar-refractivity contribution is -0.147. The number of methoxy groups -OCH3 is 1. The second-order valence-corrected chi connectivity index (χ2v) is 6.56. The summed E-state index contributed by atoms with van der Waals surface area (Å²) >= 11 is 0. The fourth-order valence-electron chi connectivity index (χ4n) is 3.12. The Morgan fingerprint density at radius 2 is 2.08 bits per heavy atom. The number of benzene rings is 1. The van der Waals surface area contributed by atoms with Crippen molar-refractivity contribution in [1.82, 2.24) is 10.2 Å². The molecular formula is C19H27N3O4. The number of nitrogens with zero attached hydrogens (tertiary/aromatic N) is 1. The zero-order chi connectivity index (χ0) is 19.1. The molecule has 1 saturated heterocycles. The Morgan fingerprint density at radius 3 is 2.77 bits per heavy atom. The van der Waals surface area contributed by atoms with Gasteiger partial charge in [0.15, 0.2) is 0 Å². The number of amides is 2. The van der Waals surface area contributed by atoms with E-state index in [4.69, 9.17) is 4.74 Å². The van der Waals surface area contributed by atoms with E-state index in [0.29, 0.717) is 30.8 Å². The number of esters is 1. The third-order valence-corrected chi connectivity index (χ3v) is 4.57. The smallest absolute Gasteiger partial charge is 0.328 e. The van der Waals surface area contributed by atoms with Crippen LogP contribution in [0.5, 0.6) is 0 Å². The largest absolute Gasteiger partial charge is 0.467 e. The number of ether oxygens (including phenoxy) is 1. The van der Waals surface area contributed by atoms with Crippen LogP contribution < -0.4 is 10.6 Å². The second kappa shape index (κ2) is 9.33. The molecule has 1 aliphatic rings. The molecule has 1 heterocycles. The van der Waals surface area contributed by atoms with Crippen LogP contribution in [0.3, 0.4) is 0 Å². The highest BCUT2D eigenvalue weighted by molar-refractivity contribution is 5.99. The average Bonchev–Trinajstić information content (AvgIpc) is 2.67. The van der Waals surface area contributed by atoms with Gasteiger partial charge in [-0.25, -0.2) is 4.79 Å². The Kier molecular flexibility index (Phi) is 7.15. The van der Waals surface area contributed by atoms with Crippen molar-refractivity contribution in [3.63, 3.8) is 0 Å². The van der Waals surface area contributed by atoms with Crippen molar-refractivity contribution in [3.8, 4) is 0 Å². The van der Waals surface area contributed by atoms with Gasteiger partial charge in [-0.2, -0.15) is 0 Å². The number of piperidine rings is 1. The SMILES string of the molecule is CNCC(C)C(=O)Nc1cccc(C(=O)N2CCCCC2C(=O)OC)c1. The lowest BCUT2D eigenvalue weighted by Crippen LogP contribution is -2.48. The van der Waals surface area contributed by atoms with Crippen LogP contribution in [0.25, 0.3) is 0 Å². The van der Waals surface area contributed by atoms with Crippen LogP contribution in [0, 0.1) is 5.92 Å². The Morgan fingerprint density at radius 1 is 1.31 bits per heavy atom. The molecule has 2 rings (SSSR count). The van der Waals surface area contributed by atoms with Gasteiger partial charge >= 0.3 is 5.97 Å². The molecule has 0 aliphatic carbocycles. The first-order chi connectivity index (χ1) is 12.5. The quantitative estimate of drug-likeness (QED) is 0.752. The first kappa shape index (κ1) is 19.9. The lowest BCUT2D eigenvalue weighted by atomic mass is 10.0. The Balaban J connectivity index is 2.14. The molecule has 0 saturated carbocycles. The summed E-state index contributed by atoms with van der Waals surface area (Å²) in [6.45, 7) is 2.92. The summed E-state index contributed by atoms with van der Waals surface area (Å²) < 4.78 is 4.84. The predicted molar refractivity (Wildman–Crippen MR) is 98.9 cm³/mol. The Bertz CT molecular complexity index is 662. The highest BCUT2D eigenvalue weighted by atomic mass is 16.5. The fourth-order valence-corrected chi connectivity index (χ4v) is 3.12. The van der Waals surface area contributed by atoms with E-state index in [9.17, 15) is 14.4 Å². The summed E-state index contributed by atoms with van der Waals surface area (Å²) in [6, 6.07) is 6.26. The summed E-state index contributed by atoms with van der Waals surface area (Å²) in [7, 11) is 3.13. The molecule has 7 heteroatoms. The van der Waals surface area contributed by atoms with Crippen molar-refractivity contribution in [2.24, 2.45) is 5.92 Å². The van der Waals surface area contributed by atoms with Crippen molar-refractivity contribution in [2.45, 2.75) is 32.2 Å². The number of hydrogen-bond acceptors (Lipinski definition) is 5. The van der Waals surface area contributed by atoms with Gasteiger partial charge in [0, 0.05) is 30.3 Å². The third-order valence-electron chi connectivity index (χ3n) is 4.57. The molecule has 2 N–H and O–H groups in total. The molecule has 0 spiro atoms. The molecule has 1 aromatic rings. The number of likely N-dealkylation sites (tertiary alicyclic amines) is 1. The number of anilines is 1. The summed E-state index contributed by atoms with van der Waals surface area (Å²) in [5, 5.41) is 5.79. The minimum absolute atomic E-state index is 0.116. The van der Waals surface area contributed by atoms with E-state index in [1.165, 1.54) is 7.11 Å². The molecular weight excluding hydrogens is 334 g/mol. The number of carbonyl (C=O) groups excluding carboxylic acids is 3. The van der Waals surface area contributed by atoms with E-state index in [1.54, 1.807) is 36.2 Å². The topological polar surface area (TPSA) is 87.7 Å². The highest BCUT2D eigenvalue weighted by Gasteiger charge is 2.33. The Hall–Kier alpha value is -2.41. The van der Waals surface area contributed by atoms with Crippen molar-refractivity contribution >= 4 is 23.5 Å². The molecule has 2 atom stereocenters. The third kappa shape index (κ3) is 4.82. The molecule has 26 heavy (non-hydrogen) atoms. The summed E-state index contributed by atoms with van der Waals surface area (Å²) in [4.78, 5) is 38.6. The Labute approximate surface area is 154 Å². The van der Waals surface area contributed by atoms with E-state index in [0.717, 1.165) is 12.8 Å². The first-order valence-corrected chi connectivity index (χ1v) is 8.92. The number of carbonyl (C=O) groups is 3. The van der Waals surface area contributed by atoms with Gasteiger partial charge in [0.05, 0.1) is 7.11 Å². The summed E-state index contributed by atoms with van der Waals surface area (Å²) in [5.41, 5.74) is 1.01. The van der Waals surface area contributed by atoms with Crippen LogP contribution in [-0.4, -0.2) is 56.0 Å². The summed E-state index contributed by atoms with van der Waals surface area (Å²) in [6.07, 6.45) is 2.36. The van der Waals surface area contributed by atoms with E-state index in [1.807, 2.05) is 6.92 Å². The van der Waals surface area contributed by atoms with Crippen LogP contribution in [0.15, 0.2) is 24.3 Å². The van der Waals surface area contributed by atoms with Crippen molar-refractivity contribution in [1.29, 1.82) is 0 Å². The van der Waals surface area contributed by atoms with Gasteiger partial charge in [0.1, 0.15) is 6.04 Å². The maximum Gasteiger partial charge on any atom is 0.328 e. The number of hydrogen-bond donors (Lipinski definition) is 2. The number of nitrogens with one attached hydrogen (secondary N) is 2. The van der Waals surface area contributed by atoms with Crippen molar-refractivity contribution < 1.29 is 19.1 Å². The minimum atomic E-state index is -0.546. The van der Waals surface area contributed by atoms with Crippen LogP contribution in [0.1, 0.15) is 36.5 Å². The van der Waals surface area contributed by atoms with Crippen molar-refractivity contribution in [2.75, 3.05) is 32.6 Å². The van der Waals surface area contributed by atoms with E-state index in [2.05, 4.69) is 10.6 Å². The maximum atomic E-state index is 12.9. The molecule has 1 fully saturated rings. The monoisotopic (exact) mass is 361 g/mol. The van der Waals surface area contributed by atoms with E-state index < -0.39 is 6.04 Å². The van der Waals surface area contributed by atoms with Gasteiger partial charge in [0.25, 0.3) is 5.91 Å². The van der Waals surface area contributed by atoms with Gasteiger partial charge in [0.2, 0.25) is 5.91 Å².